The molecular weight excluding hydrogens is 356 g/mol. The molecule has 1 aliphatic rings. The van der Waals surface area contributed by atoms with Gasteiger partial charge >= 0.3 is 0 Å². The first-order chi connectivity index (χ1) is 13.6. The van der Waals surface area contributed by atoms with Crippen molar-refractivity contribution < 1.29 is 19.1 Å². The van der Waals surface area contributed by atoms with Gasteiger partial charge in [-0.05, 0) is 55.7 Å². The number of aryl methyl sites for hydroxylation is 1. The van der Waals surface area contributed by atoms with Gasteiger partial charge in [0.25, 0.3) is 5.91 Å². The fourth-order valence-electron chi connectivity index (χ4n) is 3.27. The Morgan fingerprint density at radius 1 is 1.25 bits per heavy atom. The summed E-state index contributed by atoms with van der Waals surface area (Å²) < 4.78 is 11.5. The van der Waals surface area contributed by atoms with Crippen molar-refractivity contribution in [3.05, 3.63) is 65.2 Å². The minimum absolute atomic E-state index is 0.0513. The highest BCUT2D eigenvalue weighted by Crippen LogP contribution is 2.20. The standard InChI is InChI=1S/C22H22N2O4/c1-14-4-2-5-16(10-14)24-22-19(21(26)23-13-18-6-3-9-27-18)11-15-7-8-17(25)12-20(15)28-22/h2,4-5,7-8,10-12,18,25H,3,6,9,13H2,1H3,(H,23,26)/t18-/m0/s1. The fraction of sp³-hybridized carbons (Fsp3) is 0.273. The average Bonchev–Trinajstić information content (AvgIpc) is 3.19. The summed E-state index contributed by atoms with van der Waals surface area (Å²) in [4.78, 5) is 17.4. The van der Waals surface area contributed by atoms with Crippen LogP contribution in [0, 0.1) is 6.92 Å². The summed E-state index contributed by atoms with van der Waals surface area (Å²) in [5.74, 6) is -0.172. The van der Waals surface area contributed by atoms with Gasteiger partial charge in [0, 0.05) is 24.6 Å². The zero-order valence-electron chi connectivity index (χ0n) is 15.6. The van der Waals surface area contributed by atoms with Crippen LogP contribution in [0.2, 0.25) is 0 Å². The number of hydrogen-bond acceptors (Lipinski definition) is 5. The monoisotopic (exact) mass is 378 g/mol. The number of hydrogen-bond donors (Lipinski definition) is 2. The van der Waals surface area contributed by atoms with E-state index in [0.717, 1.165) is 25.0 Å². The third-order valence-electron chi connectivity index (χ3n) is 4.73. The van der Waals surface area contributed by atoms with Crippen LogP contribution >= 0.6 is 0 Å². The first-order valence-electron chi connectivity index (χ1n) is 9.36. The molecule has 1 aromatic heterocycles. The minimum Gasteiger partial charge on any atom is -0.508 e. The average molecular weight is 378 g/mol. The first kappa shape index (κ1) is 18.3. The molecule has 0 bridgehead atoms. The largest absolute Gasteiger partial charge is 0.508 e. The van der Waals surface area contributed by atoms with Crippen molar-refractivity contribution in [1.29, 1.82) is 0 Å². The van der Waals surface area contributed by atoms with Crippen molar-refractivity contribution in [3.63, 3.8) is 0 Å². The van der Waals surface area contributed by atoms with Crippen LogP contribution in [-0.4, -0.2) is 30.3 Å². The number of aromatic hydroxyl groups is 1. The molecule has 1 aliphatic heterocycles. The molecule has 0 spiro atoms. The maximum Gasteiger partial charge on any atom is 0.256 e. The molecule has 144 valence electrons. The molecule has 1 amide bonds. The molecule has 6 nitrogen and oxygen atoms in total. The van der Waals surface area contributed by atoms with Crippen LogP contribution in [0.1, 0.15) is 28.8 Å². The van der Waals surface area contributed by atoms with E-state index in [4.69, 9.17) is 9.15 Å². The Morgan fingerprint density at radius 2 is 2.14 bits per heavy atom. The van der Waals surface area contributed by atoms with Crippen LogP contribution < -0.4 is 10.9 Å². The quantitative estimate of drug-likeness (QED) is 0.727. The van der Waals surface area contributed by atoms with Gasteiger partial charge in [0.1, 0.15) is 16.9 Å². The summed E-state index contributed by atoms with van der Waals surface area (Å²) in [6.07, 6.45) is 2.02. The number of fused-ring (bicyclic) bond motifs is 1. The minimum atomic E-state index is -0.263. The van der Waals surface area contributed by atoms with E-state index in [1.807, 2.05) is 31.2 Å². The van der Waals surface area contributed by atoms with E-state index < -0.39 is 0 Å². The van der Waals surface area contributed by atoms with E-state index in [9.17, 15) is 9.90 Å². The van der Waals surface area contributed by atoms with E-state index in [1.54, 1.807) is 18.2 Å². The van der Waals surface area contributed by atoms with Gasteiger partial charge in [0.15, 0.2) is 0 Å². The zero-order valence-corrected chi connectivity index (χ0v) is 15.6. The Hall–Kier alpha value is -3.12. The molecule has 2 heterocycles. The summed E-state index contributed by atoms with van der Waals surface area (Å²) >= 11 is 0. The Kier molecular flexibility index (Phi) is 5.12. The molecule has 0 unspecified atom stereocenters. The van der Waals surface area contributed by atoms with Crippen LogP contribution in [0.15, 0.2) is 57.9 Å². The summed E-state index contributed by atoms with van der Waals surface area (Å²) in [7, 11) is 0. The van der Waals surface area contributed by atoms with Crippen molar-refractivity contribution in [1.82, 2.24) is 5.32 Å². The molecule has 4 rings (SSSR count). The van der Waals surface area contributed by atoms with Gasteiger partial charge in [-0.15, -0.1) is 0 Å². The summed E-state index contributed by atoms with van der Waals surface area (Å²) in [6.45, 7) is 3.17. The van der Waals surface area contributed by atoms with Gasteiger partial charge in [0.05, 0.1) is 11.8 Å². The van der Waals surface area contributed by atoms with Crippen molar-refractivity contribution in [3.8, 4) is 5.75 Å². The van der Waals surface area contributed by atoms with E-state index in [0.29, 0.717) is 28.8 Å². The number of carbonyl (C=O) groups is 1. The van der Waals surface area contributed by atoms with Crippen LogP contribution in [0.4, 0.5) is 5.69 Å². The second-order valence-electron chi connectivity index (χ2n) is 6.98. The van der Waals surface area contributed by atoms with E-state index in [2.05, 4.69) is 10.3 Å². The lowest BCUT2D eigenvalue weighted by Crippen LogP contribution is -2.34. The van der Waals surface area contributed by atoms with Gasteiger partial charge in [-0.1, -0.05) is 12.1 Å². The number of ether oxygens (including phenoxy) is 1. The van der Waals surface area contributed by atoms with Crippen molar-refractivity contribution >= 4 is 22.6 Å². The first-order valence-corrected chi connectivity index (χ1v) is 9.36. The molecule has 6 heteroatoms. The number of rotatable bonds is 4. The molecule has 2 N–H and O–H groups in total. The summed E-state index contributed by atoms with van der Waals surface area (Å²) in [6, 6.07) is 14.2. The molecule has 1 saturated heterocycles. The summed E-state index contributed by atoms with van der Waals surface area (Å²) in [5.41, 5.74) is 2.76. The number of carbonyl (C=O) groups excluding carboxylic acids is 1. The molecule has 2 aromatic carbocycles. The van der Waals surface area contributed by atoms with Crippen molar-refractivity contribution in [2.45, 2.75) is 25.9 Å². The van der Waals surface area contributed by atoms with E-state index in [-0.39, 0.29) is 23.3 Å². The van der Waals surface area contributed by atoms with Crippen molar-refractivity contribution in [2.24, 2.45) is 4.99 Å². The lowest BCUT2D eigenvalue weighted by atomic mass is 10.1. The highest BCUT2D eigenvalue weighted by molar-refractivity contribution is 5.96. The number of nitrogens with zero attached hydrogens (tertiary/aromatic N) is 1. The fourth-order valence-corrected chi connectivity index (χ4v) is 3.27. The number of amides is 1. The highest BCUT2D eigenvalue weighted by Gasteiger charge is 2.18. The van der Waals surface area contributed by atoms with Gasteiger partial charge in [0.2, 0.25) is 5.55 Å². The zero-order chi connectivity index (χ0) is 19.5. The maximum atomic E-state index is 12.9. The number of benzene rings is 2. The Morgan fingerprint density at radius 3 is 2.93 bits per heavy atom. The molecule has 28 heavy (non-hydrogen) atoms. The highest BCUT2D eigenvalue weighted by atomic mass is 16.5. The predicted molar refractivity (Wildman–Crippen MR) is 106 cm³/mol. The lowest BCUT2D eigenvalue weighted by Gasteiger charge is -2.11. The lowest BCUT2D eigenvalue weighted by molar-refractivity contribution is 0.0854. The third-order valence-corrected chi connectivity index (χ3v) is 4.73. The molecular formula is C22H22N2O4. The molecule has 1 fully saturated rings. The van der Waals surface area contributed by atoms with E-state index >= 15 is 0 Å². The molecule has 0 radical (unpaired) electrons. The van der Waals surface area contributed by atoms with Crippen molar-refractivity contribution in [2.75, 3.05) is 13.2 Å². The van der Waals surface area contributed by atoms with Gasteiger partial charge in [-0.3, -0.25) is 4.79 Å². The van der Waals surface area contributed by atoms with Gasteiger partial charge < -0.3 is 19.6 Å². The maximum absolute atomic E-state index is 12.9. The number of phenols is 1. The van der Waals surface area contributed by atoms with Gasteiger partial charge in [-0.2, -0.15) is 0 Å². The van der Waals surface area contributed by atoms with Crippen LogP contribution in [0.25, 0.3) is 11.0 Å². The Labute approximate surface area is 162 Å². The number of nitrogens with one attached hydrogen (secondary N) is 1. The Bertz CT molecular complexity index is 1080. The summed E-state index contributed by atoms with van der Waals surface area (Å²) in [5, 5.41) is 13.4. The number of phenolic OH excluding ortho intramolecular Hbond substituents is 1. The smallest absolute Gasteiger partial charge is 0.256 e. The van der Waals surface area contributed by atoms with Gasteiger partial charge in [-0.25, -0.2) is 4.99 Å². The molecule has 0 saturated carbocycles. The SMILES string of the molecule is Cc1cccc(N=c2oc3cc(O)ccc3cc2C(=O)NC[C@@H]2CCCO2)c1. The van der Waals surface area contributed by atoms with E-state index in [1.165, 1.54) is 6.07 Å². The molecule has 0 aliphatic carbocycles. The van der Waals surface area contributed by atoms with Crippen LogP contribution in [0.5, 0.6) is 5.75 Å². The second-order valence-corrected chi connectivity index (χ2v) is 6.98. The second kappa shape index (κ2) is 7.86. The topological polar surface area (TPSA) is 84.1 Å². The molecule has 3 aromatic rings. The Balaban J connectivity index is 1.76. The normalized spacial score (nSPS) is 17.2. The third kappa shape index (κ3) is 4.07. The molecule has 1 atom stereocenters. The van der Waals surface area contributed by atoms with Crippen LogP contribution in [0.3, 0.4) is 0 Å². The predicted octanol–water partition coefficient (Wildman–Crippen LogP) is 3.59. The van der Waals surface area contributed by atoms with Crippen LogP contribution in [-0.2, 0) is 4.74 Å².